The van der Waals surface area contributed by atoms with Crippen molar-refractivity contribution in [3.05, 3.63) is 82.1 Å². The fourth-order valence-electron chi connectivity index (χ4n) is 3.49. The van der Waals surface area contributed by atoms with Crippen LogP contribution in [-0.4, -0.2) is 25.1 Å². The Morgan fingerprint density at radius 3 is 2.67 bits per heavy atom. The molecular weight excluding hydrogens is 382 g/mol. The van der Waals surface area contributed by atoms with Crippen molar-refractivity contribution in [2.24, 2.45) is 0 Å². The molecule has 3 aromatic heterocycles. The van der Waals surface area contributed by atoms with E-state index < -0.39 is 0 Å². The van der Waals surface area contributed by atoms with E-state index in [4.69, 9.17) is 4.42 Å². The van der Waals surface area contributed by atoms with Gasteiger partial charge in [-0.25, -0.2) is 0 Å². The molecule has 0 bridgehead atoms. The molecule has 154 valence electrons. The zero-order valence-corrected chi connectivity index (χ0v) is 17.0. The van der Waals surface area contributed by atoms with Crippen LogP contribution < -0.4 is 10.9 Å². The second kappa shape index (κ2) is 8.36. The molecule has 8 heteroatoms. The molecule has 0 unspecified atom stereocenters. The Hall–Kier alpha value is -3.68. The fourth-order valence-corrected chi connectivity index (χ4v) is 3.49. The van der Waals surface area contributed by atoms with Crippen LogP contribution in [0.1, 0.15) is 35.6 Å². The minimum absolute atomic E-state index is 0.0580. The summed E-state index contributed by atoms with van der Waals surface area (Å²) in [6, 6.07) is 9.58. The number of carbonyl (C=O) groups excluding carboxylic acids is 1. The lowest BCUT2D eigenvalue weighted by Gasteiger charge is -2.09. The van der Waals surface area contributed by atoms with Gasteiger partial charge in [0.15, 0.2) is 0 Å². The number of carbonyl (C=O) groups is 1. The molecular formula is C22H23N5O3. The number of amides is 1. The van der Waals surface area contributed by atoms with Crippen molar-refractivity contribution in [1.82, 2.24) is 24.5 Å². The summed E-state index contributed by atoms with van der Waals surface area (Å²) in [6.45, 7) is 4.37. The maximum atomic E-state index is 12.9. The van der Waals surface area contributed by atoms with Gasteiger partial charge in [0, 0.05) is 30.9 Å². The van der Waals surface area contributed by atoms with Gasteiger partial charge in [-0.15, -0.1) is 10.2 Å². The van der Waals surface area contributed by atoms with E-state index in [9.17, 15) is 9.59 Å². The molecule has 0 aliphatic carbocycles. The number of aromatic nitrogens is 4. The normalized spacial score (nSPS) is 11.1. The molecule has 0 aliphatic rings. The van der Waals surface area contributed by atoms with Gasteiger partial charge in [0.25, 0.3) is 0 Å². The largest absolute Gasteiger partial charge is 0.467 e. The average Bonchev–Trinajstić information content (AvgIpc) is 3.36. The molecule has 0 atom stereocenters. The highest BCUT2D eigenvalue weighted by atomic mass is 16.3. The van der Waals surface area contributed by atoms with Crippen LogP contribution in [0, 0.1) is 13.8 Å². The van der Waals surface area contributed by atoms with Gasteiger partial charge < -0.3 is 9.73 Å². The molecule has 0 radical (unpaired) electrons. The van der Waals surface area contributed by atoms with E-state index in [-0.39, 0.29) is 17.1 Å². The minimum atomic E-state index is -0.225. The number of rotatable bonds is 7. The van der Waals surface area contributed by atoms with Gasteiger partial charge >= 0.3 is 5.56 Å². The number of benzene rings is 1. The van der Waals surface area contributed by atoms with Gasteiger partial charge in [0.2, 0.25) is 11.6 Å². The van der Waals surface area contributed by atoms with Gasteiger partial charge in [0.05, 0.1) is 12.8 Å². The Kier molecular flexibility index (Phi) is 5.47. The molecule has 1 amide bonds. The molecule has 4 rings (SSSR count). The summed E-state index contributed by atoms with van der Waals surface area (Å²) < 4.78 is 8.47. The summed E-state index contributed by atoms with van der Waals surface area (Å²) in [4.78, 5) is 24.9. The van der Waals surface area contributed by atoms with Crippen molar-refractivity contribution >= 4 is 11.6 Å². The smallest absolute Gasteiger partial charge is 0.300 e. The van der Waals surface area contributed by atoms with Crippen LogP contribution in [0.2, 0.25) is 0 Å². The van der Waals surface area contributed by atoms with E-state index in [2.05, 4.69) is 21.6 Å². The second-order valence-corrected chi connectivity index (χ2v) is 7.34. The molecule has 8 nitrogen and oxygen atoms in total. The summed E-state index contributed by atoms with van der Waals surface area (Å²) in [6.07, 6.45) is 6.60. The summed E-state index contributed by atoms with van der Waals surface area (Å²) >= 11 is 0. The molecule has 0 aliphatic heterocycles. The lowest BCUT2D eigenvalue weighted by Crippen LogP contribution is -2.22. The van der Waals surface area contributed by atoms with E-state index >= 15 is 0 Å². The van der Waals surface area contributed by atoms with Crippen LogP contribution in [0.25, 0.3) is 11.3 Å². The molecule has 1 N–H and O–H groups in total. The van der Waals surface area contributed by atoms with Gasteiger partial charge in [-0.2, -0.15) is 0 Å². The van der Waals surface area contributed by atoms with Gasteiger partial charge in [-0.05, 0) is 55.7 Å². The number of nitrogens with one attached hydrogen (secondary N) is 1. The van der Waals surface area contributed by atoms with Crippen molar-refractivity contribution in [2.45, 2.75) is 39.7 Å². The summed E-state index contributed by atoms with van der Waals surface area (Å²) in [5.74, 6) is 1.32. The van der Waals surface area contributed by atoms with E-state index in [1.807, 2.05) is 32.0 Å². The fraction of sp³-hybridized carbons (Fsp3) is 0.273. The molecule has 1 aromatic carbocycles. The Morgan fingerprint density at radius 1 is 1.13 bits per heavy atom. The highest BCUT2D eigenvalue weighted by Gasteiger charge is 2.12. The first-order valence-corrected chi connectivity index (χ1v) is 9.84. The first-order valence-electron chi connectivity index (χ1n) is 9.84. The first kappa shape index (κ1) is 19.6. The lowest BCUT2D eigenvalue weighted by atomic mass is 10.1. The molecule has 0 spiro atoms. The topological polar surface area (TPSA) is 94.4 Å². The summed E-state index contributed by atoms with van der Waals surface area (Å²) in [5, 5.41) is 11.1. The van der Waals surface area contributed by atoms with Crippen LogP contribution in [0.4, 0.5) is 0 Å². The van der Waals surface area contributed by atoms with Crippen LogP contribution in [0.3, 0.4) is 0 Å². The SMILES string of the molecule is Cc1cc(C)cc(-n2ccn3c(CCCC(=O)NCc4ccco4)nnc3c2=O)c1. The van der Waals surface area contributed by atoms with E-state index in [1.165, 1.54) is 0 Å². The number of furan rings is 1. The molecule has 4 aromatic rings. The molecule has 30 heavy (non-hydrogen) atoms. The summed E-state index contributed by atoms with van der Waals surface area (Å²) in [7, 11) is 0. The number of nitrogens with zero attached hydrogens (tertiary/aromatic N) is 4. The highest BCUT2D eigenvalue weighted by Crippen LogP contribution is 2.13. The minimum Gasteiger partial charge on any atom is -0.467 e. The third kappa shape index (κ3) is 4.17. The third-order valence-electron chi connectivity index (χ3n) is 4.87. The maximum absolute atomic E-state index is 12.9. The molecule has 3 heterocycles. The van der Waals surface area contributed by atoms with Crippen LogP contribution in [-0.2, 0) is 17.8 Å². The zero-order valence-electron chi connectivity index (χ0n) is 17.0. The Labute approximate surface area is 173 Å². The van der Waals surface area contributed by atoms with Crippen LogP contribution in [0.15, 0.2) is 58.2 Å². The van der Waals surface area contributed by atoms with E-state index in [1.54, 1.807) is 33.7 Å². The average molecular weight is 405 g/mol. The van der Waals surface area contributed by atoms with Crippen LogP contribution in [0.5, 0.6) is 0 Å². The lowest BCUT2D eigenvalue weighted by molar-refractivity contribution is -0.121. The quantitative estimate of drug-likeness (QED) is 0.510. The van der Waals surface area contributed by atoms with Crippen molar-refractivity contribution in [1.29, 1.82) is 0 Å². The Bertz CT molecular complexity index is 1220. The molecule has 0 saturated carbocycles. The standard InChI is InChI=1S/C22H23N5O3/c1-15-11-16(2)13-17(12-15)26-8-9-27-19(24-25-21(27)22(26)29)6-3-7-20(28)23-14-18-5-4-10-30-18/h4-5,8-13H,3,6-7,14H2,1-2H3,(H,23,28). The Balaban J connectivity index is 1.44. The van der Waals surface area contributed by atoms with Gasteiger partial charge in [-0.1, -0.05) is 6.07 Å². The van der Waals surface area contributed by atoms with Crippen molar-refractivity contribution in [3.8, 4) is 5.69 Å². The van der Waals surface area contributed by atoms with Crippen LogP contribution >= 0.6 is 0 Å². The van der Waals surface area contributed by atoms with E-state index in [0.29, 0.717) is 37.4 Å². The second-order valence-electron chi connectivity index (χ2n) is 7.34. The summed E-state index contributed by atoms with van der Waals surface area (Å²) in [5.41, 5.74) is 3.03. The maximum Gasteiger partial charge on any atom is 0.300 e. The monoisotopic (exact) mass is 405 g/mol. The zero-order chi connectivity index (χ0) is 21.1. The van der Waals surface area contributed by atoms with Gasteiger partial charge in [-0.3, -0.25) is 18.6 Å². The number of aryl methyl sites for hydroxylation is 3. The number of hydrogen-bond donors (Lipinski definition) is 1. The molecule has 0 fully saturated rings. The predicted molar refractivity (Wildman–Crippen MR) is 112 cm³/mol. The van der Waals surface area contributed by atoms with E-state index in [0.717, 1.165) is 16.8 Å². The predicted octanol–water partition coefficient (Wildman–Crippen LogP) is 2.73. The third-order valence-corrected chi connectivity index (χ3v) is 4.87. The number of fused-ring (bicyclic) bond motifs is 1. The van der Waals surface area contributed by atoms with Gasteiger partial charge in [0.1, 0.15) is 11.6 Å². The van der Waals surface area contributed by atoms with Crippen molar-refractivity contribution < 1.29 is 9.21 Å². The highest BCUT2D eigenvalue weighted by molar-refractivity contribution is 5.75. The molecule has 0 saturated heterocycles. The first-order chi connectivity index (χ1) is 14.5. The number of hydrogen-bond acceptors (Lipinski definition) is 5. The Morgan fingerprint density at radius 2 is 1.93 bits per heavy atom. The van der Waals surface area contributed by atoms with Crippen molar-refractivity contribution in [3.63, 3.8) is 0 Å². The van der Waals surface area contributed by atoms with Crippen molar-refractivity contribution in [2.75, 3.05) is 0 Å².